The van der Waals surface area contributed by atoms with E-state index in [0.717, 1.165) is 4.47 Å². The van der Waals surface area contributed by atoms with E-state index in [0.29, 0.717) is 21.5 Å². The molecule has 3 rings (SSSR count). The number of para-hydroxylation sites is 1. The minimum atomic E-state index is -0.415. The van der Waals surface area contributed by atoms with E-state index in [2.05, 4.69) is 20.9 Å². The molecule has 1 heterocycles. The molecule has 0 amide bonds. The van der Waals surface area contributed by atoms with Crippen LogP contribution in [0.4, 0.5) is 0 Å². The van der Waals surface area contributed by atoms with Gasteiger partial charge in [-0.2, -0.15) is 0 Å². The van der Waals surface area contributed by atoms with Crippen LogP contribution >= 0.6 is 27.5 Å². The van der Waals surface area contributed by atoms with Crippen molar-refractivity contribution in [1.29, 1.82) is 0 Å². The van der Waals surface area contributed by atoms with E-state index < -0.39 is 5.63 Å². The van der Waals surface area contributed by atoms with E-state index in [1.165, 1.54) is 0 Å². The van der Waals surface area contributed by atoms with Crippen molar-refractivity contribution in [2.75, 3.05) is 0 Å². The Kier molecular flexibility index (Phi) is 3.12. The molecule has 0 aliphatic rings. The normalized spacial score (nSPS) is 10.8. The van der Waals surface area contributed by atoms with Crippen molar-refractivity contribution in [3.8, 4) is 11.5 Å². The third-order valence-corrected chi connectivity index (χ3v) is 3.56. The number of hydrogen-bond acceptors (Lipinski definition) is 3. The van der Waals surface area contributed by atoms with E-state index >= 15 is 0 Å². The molecular weight excluding hydrogens is 330 g/mol. The largest absolute Gasteiger partial charge is 0.403 e. The van der Waals surface area contributed by atoms with Gasteiger partial charge in [-0.05, 0) is 46.3 Å². The molecule has 19 heavy (non-hydrogen) atoms. The Hall–Kier alpha value is -1.65. The van der Waals surface area contributed by atoms with Gasteiger partial charge in [-0.25, -0.2) is 9.78 Å². The summed E-state index contributed by atoms with van der Waals surface area (Å²) in [6, 6.07) is 12.3. The van der Waals surface area contributed by atoms with E-state index in [9.17, 15) is 4.79 Å². The molecule has 2 aromatic carbocycles. The number of benzene rings is 2. The molecule has 5 heteroatoms. The molecule has 3 nitrogen and oxygen atoms in total. The summed E-state index contributed by atoms with van der Waals surface area (Å²) in [5.74, 6) is 0.256. The molecule has 94 valence electrons. The lowest BCUT2D eigenvalue weighted by atomic mass is 10.2. The maximum atomic E-state index is 11.9. The van der Waals surface area contributed by atoms with Crippen molar-refractivity contribution < 1.29 is 4.42 Å². The van der Waals surface area contributed by atoms with E-state index in [4.69, 9.17) is 16.0 Å². The van der Waals surface area contributed by atoms with Crippen LogP contribution in [0.15, 0.2) is 56.1 Å². The zero-order chi connectivity index (χ0) is 13.4. The third-order valence-electron chi connectivity index (χ3n) is 2.68. The quantitative estimate of drug-likeness (QED) is 0.666. The topological polar surface area (TPSA) is 43.1 Å². The van der Waals surface area contributed by atoms with Crippen molar-refractivity contribution in [3.05, 3.63) is 62.4 Å². The van der Waals surface area contributed by atoms with Crippen LogP contribution in [0, 0.1) is 0 Å². The molecule has 0 aliphatic heterocycles. The minimum Gasteiger partial charge on any atom is -0.403 e. The Balaban J connectivity index is 2.32. The SMILES string of the molecule is O=c1oc(-c2cccc(Cl)c2)nc2c(Br)cccc12. The van der Waals surface area contributed by atoms with Gasteiger partial charge < -0.3 is 4.42 Å². The highest BCUT2D eigenvalue weighted by molar-refractivity contribution is 9.10. The summed E-state index contributed by atoms with van der Waals surface area (Å²) in [5, 5.41) is 1.01. The predicted molar refractivity (Wildman–Crippen MR) is 78.4 cm³/mol. The van der Waals surface area contributed by atoms with Crippen LogP contribution in [0.1, 0.15) is 0 Å². The molecule has 0 atom stereocenters. The van der Waals surface area contributed by atoms with Crippen LogP contribution in [0.25, 0.3) is 22.4 Å². The van der Waals surface area contributed by atoms with Gasteiger partial charge in [0.25, 0.3) is 0 Å². The van der Waals surface area contributed by atoms with Gasteiger partial charge in [0.2, 0.25) is 5.89 Å². The lowest BCUT2D eigenvalue weighted by Gasteiger charge is -2.03. The highest BCUT2D eigenvalue weighted by atomic mass is 79.9. The summed E-state index contributed by atoms with van der Waals surface area (Å²) in [5.41, 5.74) is 0.831. The van der Waals surface area contributed by atoms with Crippen molar-refractivity contribution in [2.45, 2.75) is 0 Å². The van der Waals surface area contributed by atoms with Gasteiger partial charge in [0, 0.05) is 15.1 Å². The number of fused-ring (bicyclic) bond motifs is 1. The summed E-state index contributed by atoms with van der Waals surface area (Å²) >= 11 is 9.31. The Morgan fingerprint density at radius 1 is 1.16 bits per heavy atom. The van der Waals surface area contributed by atoms with Gasteiger partial charge in [-0.1, -0.05) is 23.7 Å². The first kappa shape index (κ1) is 12.4. The van der Waals surface area contributed by atoms with Crippen molar-refractivity contribution >= 4 is 38.4 Å². The van der Waals surface area contributed by atoms with E-state index in [-0.39, 0.29) is 5.89 Å². The highest BCUT2D eigenvalue weighted by Gasteiger charge is 2.10. The number of halogens is 2. The summed E-state index contributed by atoms with van der Waals surface area (Å²) in [4.78, 5) is 16.3. The second kappa shape index (κ2) is 4.79. The molecule has 0 aliphatic carbocycles. The Labute approximate surface area is 122 Å². The molecule has 0 saturated carbocycles. The number of aromatic nitrogens is 1. The van der Waals surface area contributed by atoms with E-state index in [1.54, 1.807) is 36.4 Å². The second-order valence-electron chi connectivity index (χ2n) is 3.95. The van der Waals surface area contributed by atoms with Gasteiger partial charge in [-0.3, -0.25) is 0 Å². The zero-order valence-corrected chi connectivity index (χ0v) is 11.9. The molecule has 0 bridgehead atoms. The molecule has 0 unspecified atom stereocenters. The molecule has 0 fully saturated rings. The maximum Gasteiger partial charge on any atom is 0.347 e. The Morgan fingerprint density at radius 3 is 2.74 bits per heavy atom. The summed E-state index contributed by atoms with van der Waals surface area (Å²) < 4.78 is 5.99. The Morgan fingerprint density at radius 2 is 1.95 bits per heavy atom. The zero-order valence-electron chi connectivity index (χ0n) is 9.56. The fourth-order valence-electron chi connectivity index (χ4n) is 1.81. The number of rotatable bonds is 1. The van der Waals surface area contributed by atoms with Crippen LogP contribution in [0.2, 0.25) is 5.02 Å². The van der Waals surface area contributed by atoms with Crippen molar-refractivity contribution in [3.63, 3.8) is 0 Å². The number of nitrogens with zero attached hydrogens (tertiary/aromatic N) is 1. The fourth-order valence-corrected chi connectivity index (χ4v) is 2.45. The highest BCUT2D eigenvalue weighted by Crippen LogP contribution is 2.25. The fraction of sp³-hybridized carbons (Fsp3) is 0. The standard InChI is InChI=1S/C14H7BrClNO2/c15-11-6-2-5-10-12(11)17-13(19-14(10)18)8-3-1-4-9(16)7-8/h1-7H. The summed E-state index contributed by atoms with van der Waals surface area (Å²) in [6.07, 6.45) is 0. The van der Waals surface area contributed by atoms with Crippen molar-refractivity contribution in [1.82, 2.24) is 4.98 Å². The van der Waals surface area contributed by atoms with Crippen LogP contribution < -0.4 is 5.63 Å². The monoisotopic (exact) mass is 335 g/mol. The van der Waals surface area contributed by atoms with Crippen LogP contribution in [0.5, 0.6) is 0 Å². The average molecular weight is 337 g/mol. The predicted octanol–water partition coefficient (Wildman–Crippen LogP) is 4.27. The van der Waals surface area contributed by atoms with Crippen LogP contribution in [0.3, 0.4) is 0 Å². The first-order valence-electron chi connectivity index (χ1n) is 5.50. The summed E-state index contributed by atoms with van der Waals surface area (Å²) in [6.45, 7) is 0. The van der Waals surface area contributed by atoms with Gasteiger partial charge in [0.05, 0.1) is 10.9 Å². The van der Waals surface area contributed by atoms with Gasteiger partial charge in [-0.15, -0.1) is 0 Å². The summed E-state index contributed by atoms with van der Waals surface area (Å²) in [7, 11) is 0. The molecule has 1 aromatic heterocycles. The second-order valence-corrected chi connectivity index (χ2v) is 5.24. The lowest BCUT2D eigenvalue weighted by Crippen LogP contribution is -2.03. The molecule has 3 aromatic rings. The lowest BCUT2D eigenvalue weighted by molar-refractivity contribution is 0.518. The Bertz CT molecular complexity index is 829. The molecule has 0 radical (unpaired) electrons. The van der Waals surface area contributed by atoms with Crippen LogP contribution in [-0.4, -0.2) is 4.98 Å². The van der Waals surface area contributed by atoms with Gasteiger partial charge in [0.1, 0.15) is 0 Å². The first-order valence-corrected chi connectivity index (χ1v) is 6.67. The molecular formula is C14H7BrClNO2. The first-order chi connectivity index (χ1) is 9.15. The van der Waals surface area contributed by atoms with Gasteiger partial charge in [0.15, 0.2) is 0 Å². The molecule has 0 saturated heterocycles. The average Bonchev–Trinajstić information content (AvgIpc) is 2.40. The molecule has 0 N–H and O–H groups in total. The molecule has 0 spiro atoms. The van der Waals surface area contributed by atoms with Gasteiger partial charge >= 0.3 is 5.63 Å². The number of hydrogen-bond donors (Lipinski definition) is 0. The van der Waals surface area contributed by atoms with Crippen LogP contribution in [-0.2, 0) is 0 Å². The third kappa shape index (κ3) is 2.29. The smallest absolute Gasteiger partial charge is 0.347 e. The maximum absolute atomic E-state index is 11.9. The van der Waals surface area contributed by atoms with Crippen molar-refractivity contribution in [2.24, 2.45) is 0 Å². The minimum absolute atomic E-state index is 0.256. The van der Waals surface area contributed by atoms with E-state index in [1.807, 2.05) is 6.07 Å².